The van der Waals surface area contributed by atoms with Crippen LogP contribution in [0.4, 0.5) is 43.9 Å². The molecule has 0 radical (unpaired) electrons. The molecule has 0 amide bonds. The summed E-state index contributed by atoms with van der Waals surface area (Å²) in [6.45, 7) is 0. The van der Waals surface area contributed by atoms with Crippen molar-refractivity contribution in [2.75, 3.05) is 0 Å². The van der Waals surface area contributed by atoms with Crippen LogP contribution in [-0.4, -0.2) is 36.1 Å². The fourth-order valence-electron chi connectivity index (χ4n) is 2.12. The second kappa shape index (κ2) is 8.31. The summed E-state index contributed by atoms with van der Waals surface area (Å²) in [7, 11) is 0. The van der Waals surface area contributed by atoms with Gasteiger partial charge < -0.3 is 9.47 Å². The van der Waals surface area contributed by atoms with Crippen LogP contribution in [0.25, 0.3) is 11.1 Å². The molecule has 2 aromatic rings. The predicted octanol–water partition coefficient (Wildman–Crippen LogP) is 5.56. The number of alkyl halides is 10. The van der Waals surface area contributed by atoms with Gasteiger partial charge in [-0.1, -0.05) is 36.4 Å². The van der Waals surface area contributed by atoms with Crippen molar-refractivity contribution < 1.29 is 63.0 Å². The molecule has 0 fully saturated rings. The Bertz CT molecular complexity index is 930. The van der Waals surface area contributed by atoms with Crippen LogP contribution in [0, 0.1) is 0 Å². The molecule has 0 aromatic heterocycles. The molecule has 0 aliphatic rings. The highest BCUT2D eigenvalue weighted by Crippen LogP contribution is 2.41. The lowest BCUT2D eigenvalue weighted by molar-refractivity contribution is -0.276. The van der Waals surface area contributed by atoms with Gasteiger partial charge in [0.1, 0.15) is 11.5 Å². The standard InChI is InChI=1S/C18H8F10O4/c19-15(20,17(23,24)25)13(29)31-11-7-3-1-5-9(11)10-6-2-4-8-12(10)32-14(30)16(21,22)18(26,27)28/h1-8H. The van der Waals surface area contributed by atoms with E-state index in [0.717, 1.165) is 48.5 Å². The number of carbonyl (C=O) groups excluding carboxylic acids is 2. The normalized spacial score (nSPS) is 12.9. The molecule has 14 heteroatoms. The third-order valence-electron chi connectivity index (χ3n) is 3.69. The van der Waals surface area contributed by atoms with E-state index in [0.29, 0.717) is 0 Å². The number of para-hydroxylation sites is 2. The van der Waals surface area contributed by atoms with Gasteiger partial charge in [-0.05, 0) is 12.1 Å². The van der Waals surface area contributed by atoms with Gasteiger partial charge in [-0.25, -0.2) is 9.59 Å². The Morgan fingerprint density at radius 2 is 0.812 bits per heavy atom. The highest BCUT2D eigenvalue weighted by Gasteiger charge is 2.66. The Labute approximate surface area is 171 Å². The monoisotopic (exact) mass is 478 g/mol. The fourth-order valence-corrected chi connectivity index (χ4v) is 2.12. The van der Waals surface area contributed by atoms with Gasteiger partial charge in [0.2, 0.25) is 0 Å². The molecule has 0 aliphatic heterocycles. The molecule has 2 rings (SSSR count). The van der Waals surface area contributed by atoms with Gasteiger partial charge in [0, 0.05) is 11.1 Å². The molecular weight excluding hydrogens is 470 g/mol. The lowest BCUT2D eigenvalue weighted by Crippen LogP contribution is -2.46. The van der Waals surface area contributed by atoms with E-state index in [9.17, 15) is 53.5 Å². The van der Waals surface area contributed by atoms with E-state index >= 15 is 0 Å². The summed E-state index contributed by atoms with van der Waals surface area (Å²) in [4.78, 5) is 22.7. The molecule has 0 atom stereocenters. The van der Waals surface area contributed by atoms with Crippen molar-refractivity contribution in [1.82, 2.24) is 0 Å². The van der Waals surface area contributed by atoms with E-state index in [-0.39, 0.29) is 0 Å². The third kappa shape index (κ3) is 4.78. The first-order valence-electron chi connectivity index (χ1n) is 8.02. The van der Waals surface area contributed by atoms with Crippen molar-refractivity contribution in [1.29, 1.82) is 0 Å². The summed E-state index contributed by atoms with van der Waals surface area (Å²) < 4.78 is 135. The van der Waals surface area contributed by atoms with Crippen molar-refractivity contribution in [3.63, 3.8) is 0 Å². The van der Waals surface area contributed by atoms with E-state index in [4.69, 9.17) is 0 Å². The highest BCUT2D eigenvalue weighted by atomic mass is 19.4. The Balaban J connectivity index is 2.46. The summed E-state index contributed by atoms with van der Waals surface area (Å²) in [6, 6.07) is 7.68. The summed E-state index contributed by atoms with van der Waals surface area (Å²) in [5.41, 5.74) is -1.06. The lowest BCUT2D eigenvalue weighted by atomic mass is 10.0. The van der Waals surface area contributed by atoms with E-state index in [1.54, 1.807) is 0 Å². The fraction of sp³-hybridized carbons (Fsp3) is 0.222. The van der Waals surface area contributed by atoms with Gasteiger partial charge in [0.15, 0.2) is 0 Å². The van der Waals surface area contributed by atoms with E-state index in [1.165, 1.54) is 0 Å². The largest absolute Gasteiger partial charge is 0.465 e. The summed E-state index contributed by atoms with van der Waals surface area (Å²) in [6.07, 6.45) is -12.6. The number of hydrogen-bond acceptors (Lipinski definition) is 4. The number of ether oxygens (including phenoxy) is 2. The maximum absolute atomic E-state index is 13.2. The zero-order valence-electron chi connectivity index (χ0n) is 15.0. The average molecular weight is 478 g/mol. The van der Waals surface area contributed by atoms with Crippen molar-refractivity contribution in [2.45, 2.75) is 24.2 Å². The van der Waals surface area contributed by atoms with Gasteiger partial charge in [-0.3, -0.25) is 0 Å². The molecule has 0 N–H and O–H groups in total. The summed E-state index contributed by atoms with van der Waals surface area (Å²) >= 11 is 0. The molecule has 0 saturated heterocycles. The van der Waals surface area contributed by atoms with Crippen LogP contribution in [0.3, 0.4) is 0 Å². The van der Waals surface area contributed by atoms with Crippen LogP contribution >= 0.6 is 0 Å². The van der Waals surface area contributed by atoms with Gasteiger partial charge in [-0.2, -0.15) is 43.9 Å². The molecule has 0 spiro atoms. The predicted molar refractivity (Wildman–Crippen MR) is 85.2 cm³/mol. The van der Waals surface area contributed by atoms with E-state index < -0.39 is 58.8 Å². The smallest absolute Gasteiger partial charge is 0.421 e. The number of esters is 2. The quantitative estimate of drug-likeness (QED) is 0.321. The van der Waals surface area contributed by atoms with Crippen LogP contribution in [0.2, 0.25) is 0 Å². The first-order chi connectivity index (χ1) is 14.5. The number of benzene rings is 2. The van der Waals surface area contributed by atoms with Crippen LogP contribution in [0.1, 0.15) is 0 Å². The Morgan fingerprint density at radius 1 is 0.531 bits per heavy atom. The molecule has 4 nitrogen and oxygen atoms in total. The summed E-state index contributed by atoms with van der Waals surface area (Å²) in [5.74, 6) is -19.8. The van der Waals surface area contributed by atoms with Crippen molar-refractivity contribution in [3.05, 3.63) is 48.5 Å². The van der Waals surface area contributed by atoms with E-state index in [2.05, 4.69) is 9.47 Å². The minimum atomic E-state index is -6.30. The minimum absolute atomic E-state index is 0.530. The van der Waals surface area contributed by atoms with Crippen LogP contribution in [0.15, 0.2) is 48.5 Å². The topological polar surface area (TPSA) is 52.6 Å². The minimum Gasteiger partial charge on any atom is -0.421 e. The number of halogens is 10. The molecule has 32 heavy (non-hydrogen) atoms. The highest BCUT2D eigenvalue weighted by molar-refractivity contribution is 5.87. The van der Waals surface area contributed by atoms with Crippen LogP contribution < -0.4 is 9.47 Å². The SMILES string of the molecule is O=C(Oc1ccccc1-c1ccccc1OC(=O)C(F)(F)C(F)(F)F)C(F)(F)C(F)(F)F. The van der Waals surface area contributed by atoms with Crippen molar-refractivity contribution in [3.8, 4) is 22.6 Å². The Morgan fingerprint density at radius 3 is 1.09 bits per heavy atom. The number of hydrogen-bond donors (Lipinski definition) is 0. The lowest BCUT2D eigenvalue weighted by Gasteiger charge is -2.20. The molecule has 0 heterocycles. The maximum atomic E-state index is 13.2. The van der Waals surface area contributed by atoms with Crippen LogP contribution in [0.5, 0.6) is 11.5 Å². The molecule has 0 saturated carbocycles. The van der Waals surface area contributed by atoms with Crippen molar-refractivity contribution in [2.24, 2.45) is 0 Å². The Kier molecular flexibility index (Phi) is 6.48. The first kappa shape index (κ1) is 24.9. The second-order valence-electron chi connectivity index (χ2n) is 5.92. The summed E-state index contributed by atoms with van der Waals surface area (Å²) in [5, 5.41) is 0. The van der Waals surface area contributed by atoms with Gasteiger partial charge in [0.05, 0.1) is 0 Å². The van der Waals surface area contributed by atoms with Crippen LogP contribution in [-0.2, 0) is 9.59 Å². The molecular formula is C18H8F10O4. The zero-order chi connectivity index (χ0) is 24.5. The Hall–Kier alpha value is -3.32. The van der Waals surface area contributed by atoms with Gasteiger partial charge >= 0.3 is 36.1 Å². The second-order valence-corrected chi connectivity index (χ2v) is 5.92. The molecule has 0 bridgehead atoms. The number of carbonyl (C=O) groups is 2. The van der Waals surface area contributed by atoms with Gasteiger partial charge in [-0.15, -0.1) is 0 Å². The third-order valence-corrected chi connectivity index (χ3v) is 3.69. The zero-order valence-corrected chi connectivity index (χ0v) is 15.0. The molecule has 0 unspecified atom stereocenters. The first-order valence-corrected chi connectivity index (χ1v) is 8.02. The number of rotatable bonds is 5. The maximum Gasteiger partial charge on any atom is 0.465 e. The van der Waals surface area contributed by atoms with Gasteiger partial charge in [0.25, 0.3) is 0 Å². The molecule has 0 aliphatic carbocycles. The van der Waals surface area contributed by atoms with E-state index in [1.807, 2.05) is 0 Å². The van der Waals surface area contributed by atoms with Crippen molar-refractivity contribution >= 4 is 11.9 Å². The molecule has 2 aromatic carbocycles. The molecule has 174 valence electrons. The average Bonchev–Trinajstić information content (AvgIpc) is 2.67.